The second-order valence-electron chi connectivity index (χ2n) is 2.97. The van der Waals surface area contributed by atoms with Crippen LogP contribution in [-0.4, -0.2) is 24.5 Å². The zero-order chi connectivity index (χ0) is 9.26. The standard InChI is InChI=1S/C8H11N5/c1-7(13-6-9-5-10-13)8-3-4-12(2)11-8/h3-7H,1-2H3. The highest BCUT2D eigenvalue weighted by atomic mass is 15.3. The smallest absolute Gasteiger partial charge is 0.137 e. The average molecular weight is 177 g/mol. The maximum atomic E-state index is 4.29. The monoisotopic (exact) mass is 177 g/mol. The van der Waals surface area contributed by atoms with Gasteiger partial charge in [0.05, 0.1) is 11.7 Å². The quantitative estimate of drug-likeness (QED) is 0.675. The van der Waals surface area contributed by atoms with Crippen LogP contribution in [0.2, 0.25) is 0 Å². The first-order valence-electron chi connectivity index (χ1n) is 4.11. The molecule has 0 saturated carbocycles. The van der Waals surface area contributed by atoms with E-state index in [0.29, 0.717) is 0 Å². The molecule has 5 nitrogen and oxygen atoms in total. The summed E-state index contributed by atoms with van der Waals surface area (Å²) in [7, 11) is 1.90. The van der Waals surface area contributed by atoms with Gasteiger partial charge in [0.2, 0.25) is 0 Å². The minimum atomic E-state index is 0.142. The van der Waals surface area contributed by atoms with Crippen LogP contribution in [0.5, 0.6) is 0 Å². The normalized spacial score (nSPS) is 13.1. The zero-order valence-corrected chi connectivity index (χ0v) is 7.62. The first-order valence-corrected chi connectivity index (χ1v) is 4.11. The Morgan fingerprint density at radius 1 is 1.46 bits per heavy atom. The summed E-state index contributed by atoms with van der Waals surface area (Å²) < 4.78 is 3.56. The molecule has 2 aromatic rings. The molecule has 0 bridgehead atoms. The van der Waals surface area contributed by atoms with Crippen LogP contribution in [0.3, 0.4) is 0 Å². The van der Waals surface area contributed by atoms with E-state index in [1.165, 1.54) is 6.33 Å². The van der Waals surface area contributed by atoms with E-state index in [2.05, 4.69) is 15.2 Å². The number of aryl methyl sites for hydroxylation is 1. The highest BCUT2D eigenvalue weighted by Crippen LogP contribution is 2.12. The summed E-state index contributed by atoms with van der Waals surface area (Å²) in [6, 6.07) is 2.12. The van der Waals surface area contributed by atoms with Crippen molar-refractivity contribution in [3.63, 3.8) is 0 Å². The Bertz CT molecular complexity index is 375. The van der Waals surface area contributed by atoms with Crippen LogP contribution in [-0.2, 0) is 7.05 Å². The Hall–Kier alpha value is -1.65. The molecule has 2 rings (SSSR count). The lowest BCUT2D eigenvalue weighted by Gasteiger charge is -2.07. The molecule has 0 aliphatic carbocycles. The lowest BCUT2D eigenvalue weighted by molar-refractivity contribution is 0.540. The second-order valence-corrected chi connectivity index (χ2v) is 2.97. The van der Waals surface area contributed by atoms with Crippen molar-refractivity contribution in [3.05, 3.63) is 30.6 Å². The molecule has 0 fully saturated rings. The number of aromatic nitrogens is 5. The van der Waals surface area contributed by atoms with Crippen molar-refractivity contribution in [1.29, 1.82) is 0 Å². The van der Waals surface area contributed by atoms with Crippen molar-refractivity contribution in [1.82, 2.24) is 24.5 Å². The highest BCUT2D eigenvalue weighted by Gasteiger charge is 2.09. The van der Waals surface area contributed by atoms with Crippen LogP contribution in [0, 0.1) is 0 Å². The van der Waals surface area contributed by atoms with E-state index in [1.807, 2.05) is 26.2 Å². The molecule has 0 aliphatic heterocycles. The molecule has 0 aromatic carbocycles. The Labute approximate surface area is 76.0 Å². The van der Waals surface area contributed by atoms with Crippen molar-refractivity contribution in [2.75, 3.05) is 0 Å². The summed E-state index contributed by atoms with van der Waals surface area (Å²) in [6.45, 7) is 2.04. The van der Waals surface area contributed by atoms with Crippen LogP contribution < -0.4 is 0 Å². The second kappa shape index (κ2) is 3.01. The van der Waals surface area contributed by atoms with Crippen LogP contribution in [0.25, 0.3) is 0 Å². The SMILES string of the molecule is CC(c1ccn(C)n1)n1cncn1. The summed E-state index contributed by atoms with van der Waals surface area (Å²) in [5.74, 6) is 0. The van der Waals surface area contributed by atoms with E-state index in [4.69, 9.17) is 0 Å². The molecule has 0 aliphatic rings. The summed E-state index contributed by atoms with van der Waals surface area (Å²) >= 11 is 0. The molecule has 13 heavy (non-hydrogen) atoms. The average Bonchev–Trinajstić information content (AvgIpc) is 2.72. The van der Waals surface area contributed by atoms with E-state index in [0.717, 1.165) is 5.69 Å². The fraction of sp³-hybridized carbons (Fsp3) is 0.375. The molecule has 1 atom stereocenters. The Morgan fingerprint density at radius 3 is 2.85 bits per heavy atom. The predicted molar refractivity (Wildman–Crippen MR) is 47.0 cm³/mol. The fourth-order valence-corrected chi connectivity index (χ4v) is 1.21. The molecule has 2 heterocycles. The lowest BCUT2D eigenvalue weighted by atomic mass is 10.2. The largest absolute Gasteiger partial charge is 0.275 e. The molecule has 68 valence electrons. The maximum Gasteiger partial charge on any atom is 0.137 e. The van der Waals surface area contributed by atoms with Gasteiger partial charge in [0.25, 0.3) is 0 Å². The Kier molecular flexibility index (Phi) is 1.84. The lowest BCUT2D eigenvalue weighted by Crippen LogP contribution is -2.08. The Morgan fingerprint density at radius 2 is 2.31 bits per heavy atom. The van der Waals surface area contributed by atoms with E-state index >= 15 is 0 Å². The summed E-state index contributed by atoms with van der Waals surface area (Å²) in [6.07, 6.45) is 5.14. The third kappa shape index (κ3) is 1.44. The molecule has 5 heteroatoms. The first kappa shape index (κ1) is 7.97. The summed E-state index contributed by atoms with van der Waals surface area (Å²) in [4.78, 5) is 3.89. The van der Waals surface area contributed by atoms with Gasteiger partial charge >= 0.3 is 0 Å². The van der Waals surface area contributed by atoms with Crippen molar-refractivity contribution in [3.8, 4) is 0 Å². The third-order valence-electron chi connectivity index (χ3n) is 2.00. The van der Waals surface area contributed by atoms with E-state index in [-0.39, 0.29) is 6.04 Å². The van der Waals surface area contributed by atoms with Crippen LogP contribution in [0.15, 0.2) is 24.9 Å². The molecular formula is C8H11N5. The van der Waals surface area contributed by atoms with Crippen molar-refractivity contribution in [2.24, 2.45) is 7.05 Å². The van der Waals surface area contributed by atoms with E-state index in [9.17, 15) is 0 Å². The maximum absolute atomic E-state index is 4.29. The molecule has 2 aromatic heterocycles. The Balaban J connectivity index is 2.28. The van der Waals surface area contributed by atoms with Gasteiger partial charge < -0.3 is 0 Å². The van der Waals surface area contributed by atoms with Gasteiger partial charge in [-0.1, -0.05) is 0 Å². The molecular weight excluding hydrogens is 166 g/mol. The highest BCUT2D eigenvalue weighted by molar-refractivity contribution is 5.04. The van der Waals surface area contributed by atoms with Crippen molar-refractivity contribution in [2.45, 2.75) is 13.0 Å². The molecule has 0 radical (unpaired) electrons. The molecule has 0 amide bonds. The van der Waals surface area contributed by atoms with Crippen LogP contribution in [0.1, 0.15) is 18.7 Å². The first-order chi connectivity index (χ1) is 6.27. The number of rotatable bonds is 2. The summed E-state index contributed by atoms with van der Waals surface area (Å²) in [5.41, 5.74) is 0.994. The van der Waals surface area contributed by atoms with Gasteiger partial charge in [-0.2, -0.15) is 10.2 Å². The van der Waals surface area contributed by atoms with Gasteiger partial charge in [0, 0.05) is 13.2 Å². The minimum absolute atomic E-state index is 0.142. The number of nitrogens with zero attached hydrogens (tertiary/aromatic N) is 5. The predicted octanol–water partition coefficient (Wildman–Crippen LogP) is 0.621. The summed E-state index contributed by atoms with van der Waals surface area (Å²) in [5, 5.41) is 8.35. The fourth-order valence-electron chi connectivity index (χ4n) is 1.21. The third-order valence-corrected chi connectivity index (χ3v) is 2.00. The van der Waals surface area contributed by atoms with Gasteiger partial charge in [0.1, 0.15) is 12.7 Å². The molecule has 0 saturated heterocycles. The van der Waals surface area contributed by atoms with Crippen molar-refractivity contribution >= 4 is 0 Å². The van der Waals surface area contributed by atoms with Gasteiger partial charge in [-0.25, -0.2) is 9.67 Å². The van der Waals surface area contributed by atoms with Gasteiger partial charge in [-0.3, -0.25) is 4.68 Å². The van der Waals surface area contributed by atoms with Gasteiger partial charge in [-0.15, -0.1) is 0 Å². The van der Waals surface area contributed by atoms with Crippen LogP contribution in [0.4, 0.5) is 0 Å². The zero-order valence-electron chi connectivity index (χ0n) is 7.62. The van der Waals surface area contributed by atoms with E-state index in [1.54, 1.807) is 15.7 Å². The molecule has 1 unspecified atom stereocenters. The van der Waals surface area contributed by atoms with Gasteiger partial charge in [0.15, 0.2) is 0 Å². The minimum Gasteiger partial charge on any atom is -0.275 e. The number of hydrogen-bond donors (Lipinski definition) is 0. The molecule has 0 spiro atoms. The van der Waals surface area contributed by atoms with Gasteiger partial charge in [-0.05, 0) is 13.0 Å². The van der Waals surface area contributed by atoms with E-state index < -0.39 is 0 Å². The number of hydrogen-bond acceptors (Lipinski definition) is 3. The van der Waals surface area contributed by atoms with Crippen molar-refractivity contribution < 1.29 is 0 Å². The van der Waals surface area contributed by atoms with Crippen LogP contribution >= 0.6 is 0 Å². The topological polar surface area (TPSA) is 48.5 Å². The molecule has 0 N–H and O–H groups in total.